The van der Waals surface area contributed by atoms with Crippen LogP contribution in [0.5, 0.6) is 0 Å². The largest absolute Gasteiger partial charge is 0.369 e. The Balaban J connectivity index is 1.95. The Kier molecular flexibility index (Phi) is 3.38. The van der Waals surface area contributed by atoms with E-state index in [0.717, 1.165) is 25.9 Å². The van der Waals surface area contributed by atoms with Crippen molar-refractivity contribution in [3.05, 3.63) is 0 Å². The summed E-state index contributed by atoms with van der Waals surface area (Å²) < 4.78 is 0. The van der Waals surface area contributed by atoms with E-state index in [1.807, 2.05) is 11.8 Å². The average molecular weight is 239 g/mol. The summed E-state index contributed by atoms with van der Waals surface area (Å²) in [6, 6.07) is 0. The lowest BCUT2D eigenvalue weighted by molar-refractivity contribution is -0.136. The molecular formula is C12H21N3O2. The van der Waals surface area contributed by atoms with Crippen molar-refractivity contribution in [2.45, 2.75) is 26.2 Å². The topological polar surface area (TPSA) is 75.4 Å². The molecule has 2 aliphatic rings. The first-order valence-electron chi connectivity index (χ1n) is 6.32. The van der Waals surface area contributed by atoms with Crippen molar-refractivity contribution in [1.29, 1.82) is 0 Å². The Morgan fingerprint density at radius 1 is 1.47 bits per heavy atom. The molecule has 0 aliphatic carbocycles. The van der Waals surface area contributed by atoms with Gasteiger partial charge in [-0.05, 0) is 32.7 Å². The van der Waals surface area contributed by atoms with Crippen LogP contribution in [-0.4, -0.2) is 42.9 Å². The van der Waals surface area contributed by atoms with E-state index in [1.165, 1.54) is 0 Å². The van der Waals surface area contributed by atoms with Crippen LogP contribution in [0.4, 0.5) is 0 Å². The van der Waals surface area contributed by atoms with Gasteiger partial charge in [-0.1, -0.05) is 0 Å². The number of amides is 2. The Bertz CT molecular complexity index is 326. The minimum atomic E-state index is -0.530. The molecule has 3 N–H and O–H groups in total. The van der Waals surface area contributed by atoms with Crippen LogP contribution in [0.15, 0.2) is 0 Å². The third-order valence-corrected chi connectivity index (χ3v) is 4.03. The van der Waals surface area contributed by atoms with Crippen molar-refractivity contribution in [2.75, 3.05) is 26.2 Å². The molecule has 5 nitrogen and oxygen atoms in total. The zero-order valence-corrected chi connectivity index (χ0v) is 10.4. The van der Waals surface area contributed by atoms with E-state index in [0.29, 0.717) is 19.5 Å². The molecule has 2 aliphatic heterocycles. The number of hydrogen-bond donors (Lipinski definition) is 2. The first-order valence-corrected chi connectivity index (χ1v) is 6.32. The van der Waals surface area contributed by atoms with Gasteiger partial charge in [-0.2, -0.15) is 0 Å². The van der Waals surface area contributed by atoms with Gasteiger partial charge in [0.15, 0.2) is 0 Å². The van der Waals surface area contributed by atoms with Crippen molar-refractivity contribution in [3.8, 4) is 0 Å². The number of primary amides is 1. The maximum absolute atomic E-state index is 12.2. The lowest BCUT2D eigenvalue weighted by Gasteiger charge is -2.27. The number of rotatable bonds is 2. The minimum Gasteiger partial charge on any atom is -0.369 e. The fourth-order valence-electron chi connectivity index (χ4n) is 2.67. The summed E-state index contributed by atoms with van der Waals surface area (Å²) in [6.07, 6.45) is 2.70. The van der Waals surface area contributed by atoms with Crippen molar-refractivity contribution >= 4 is 11.8 Å². The van der Waals surface area contributed by atoms with Gasteiger partial charge in [0.1, 0.15) is 0 Å². The lowest BCUT2D eigenvalue weighted by atomic mass is 9.89. The van der Waals surface area contributed by atoms with Crippen LogP contribution in [0, 0.1) is 11.3 Å². The molecule has 0 aromatic heterocycles. The van der Waals surface area contributed by atoms with E-state index in [9.17, 15) is 9.59 Å². The van der Waals surface area contributed by atoms with Crippen LogP contribution in [0.2, 0.25) is 0 Å². The monoisotopic (exact) mass is 239 g/mol. The Labute approximate surface area is 102 Å². The van der Waals surface area contributed by atoms with E-state index >= 15 is 0 Å². The molecule has 0 aromatic rings. The molecule has 17 heavy (non-hydrogen) atoms. The molecule has 96 valence electrons. The number of carbonyl (C=O) groups excluding carboxylic acids is 2. The first-order chi connectivity index (χ1) is 8.03. The fourth-order valence-corrected chi connectivity index (χ4v) is 2.67. The highest BCUT2D eigenvalue weighted by molar-refractivity contribution is 5.84. The SMILES string of the molecule is CC1(C(N)=O)CCN(C(=O)C2CCCNC2)C1. The summed E-state index contributed by atoms with van der Waals surface area (Å²) in [5.74, 6) is -0.0317. The second-order valence-electron chi connectivity index (χ2n) is 5.48. The highest BCUT2D eigenvalue weighted by Gasteiger charge is 2.41. The molecule has 2 atom stereocenters. The molecule has 2 amide bonds. The van der Waals surface area contributed by atoms with Gasteiger partial charge >= 0.3 is 0 Å². The summed E-state index contributed by atoms with van der Waals surface area (Å²) in [7, 11) is 0. The molecule has 2 saturated heterocycles. The van der Waals surface area contributed by atoms with Gasteiger partial charge < -0.3 is 16.0 Å². The van der Waals surface area contributed by atoms with E-state index in [-0.39, 0.29) is 17.7 Å². The number of hydrogen-bond acceptors (Lipinski definition) is 3. The van der Waals surface area contributed by atoms with Gasteiger partial charge in [0.05, 0.1) is 11.3 Å². The summed E-state index contributed by atoms with van der Waals surface area (Å²) in [6.45, 7) is 4.76. The standard InChI is InChI=1S/C12H21N3O2/c1-12(11(13)17)4-6-15(8-12)10(16)9-3-2-5-14-7-9/h9,14H,2-8H2,1H3,(H2,13,17). The van der Waals surface area contributed by atoms with Crippen molar-refractivity contribution in [2.24, 2.45) is 17.1 Å². The van der Waals surface area contributed by atoms with E-state index in [1.54, 1.807) is 0 Å². The minimum absolute atomic E-state index is 0.0824. The molecule has 0 bridgehead atoms. The molecule has 2 fully saturated rings. The zero-order chi connectivity index (χ0) is 12.5. The number of nitrogens with zero attached hydrogens (tertiary/aromatic N) is 1. The van der Waals surface area contributed by atoms with Crippen molar-refractivity contribution in [1.82, 2.24) is 10.2 Å². The molecule has 0 saturated carbocycles. The van der Waals surface area contributed by atoms with Crippen LogP contribution in [0.25, 0.3) is 0 Å². The summed E-state index contributed by atoms with van der Waals surface area (Å²) in [5.41, 5.74) is 4.85. The van der Waals surface area contributed by atoms with Gasteiger partial charge in [-0.25, -0.2) is 0 Å². The molecule has 0 spiro atoms. The molecule has 5 heteroatoms. The average Bonchev–Trinajstić information content (AvgIpc) is 2.74. The van der Waals surface area contributed by atoms with Gasteiger partial charge in [-0.15, -0.1) is 0 Å². The molecule has 2 heterocycles. The summed E-state index contributed by atoms with van der Waals surface area (Å²) >= 11 is 0. The first kappa shape index (κ1) is 12.4. The highest BCUT2D eigenvalue weighted by atomic mass is 16.2. The Morgan fingerprint density at radius 3 is 2.76 bits per heavy atom. The summed E-state index contributed by atoms with van der Waals surface area (Å²) in [5, 5.41) is 3.24. The third-order valence-electron chi connectivity index (χ3n) is 4.03. The molecule has 0 aromatic carbocycles. The van der Waals surface area contributed by atoms with Crippen LogP contribution < -0.4 is 11.1 Å². The quantitative estimate of drug-likeness (QED) is 0.695. The van der Waals surface area contributed by atoms with Crippen molar-refractivity contribution < 1.29 is 9.59 Å². The van der Waals surface area contributed by atoms with Crippen LogP contribution >= 0.6 is 0 Å². The smallest absolute Gasteiger partial charge is 0.226 e. The van der Waals surface area contributed by atoms with E-state index in [2.05, 4.69) is 5.32 Å². The highest BCUT2D eigenvalue weighted by Crippen LogP contribution is 2.30. The predicted octanol–water partition coefficient (Wildman–Crippen LogP) is -0.290. The van der Waals surface area contributed by atoms with Crippen LogP contribution in [0.3, 0.4) is 0 Å². The number of nitrogens with two attached hydrogens (primary N) is 1. The summed E-state index contributed by atoms with van der Waals surface area (Å²) in [4.78, 5) is 25.4. The Hall–Kier alpha value is -1.10. The third kappa shape index (κ3) is 2.44. The van der Waals surface area contributed by atoms with Crippen molar-refractivity contribution in [3.63, 3.8) is 0 Å². The second-order valence-corrected chi connectivity index (χ2v) is 5.48. The number of nitrogens with one attached hydrogen (secondary N) is 1. The second kappa shape index (κ2) is 4.64. The predicted molar refractivity (Wildman–Crippen MR) is 64.1 cm³/mol. The van der Waals surface area contributed by atoms with E-state index < -0.39 is 5.41 Å². The maximum Gasteiger partial charge on any atom is 0.226 e. The van der Waals surface area contributed by atoms with Gasteiger partial charge in [0.2, 0.25) is 11.8 Å². The molecule has 2 unspecified atom stereocenters. The Morgan fingerprint density at radius 2 is 2.24 bits per heavy atom. The van der Waals surface area contributed by atoms with Gasteiger partial charge in [0, 0.05) is 19.6 Å². The van der Waals surface area contributed by atoms with Crippen LogP contribution in [-0.2, 0) is 9.59 Å². The number of carbonyl (C=O) groups is 2. The number of likely N-dealkylation sites (tertiary alicyclic amines) is 1. The fraction of sp³-hybridized carbons (Fsp3) is 0.833. The normalized spacial score (nSPS) is 33.7. The molecular weight excluding hydrogens is 218 g/mol. The van der Waals surface area contributed by atoms with Gasteiger partial charge in [0.25, 0.3) is 0 Å². The molecule has 2 rings (SSSR count). The van der Waals surface area contributed by atoms with Gasteiger partial charge in [-0.3, -0.25) is 9.59 Å². The van der Waals surface area contributed by atoms with Crippen LogP contribution in [0.1, 0.15) is 26.2 Å². The zero-order valence-electron chi connectivity index (χ0n) is 10.4. The maximum atomic E-state index is 12.2. The number of piperidine rings is 1. The van der Waals surface area contributed by atoms with E-state index in [4.69, 9.17) is 5.73 Å². The lowest BCUT2D eigenvalue weighted by Crippen LogP contribution is -2.44. The molecule has 0 radical (unpaired) electrons.